The maximum atomic E-state index is 12.5. The molecule has 1 aliphatic heterocycles. The lowest BCUT2D eigenvalue weighted by atomic mass is 9.72. The van der Waals surface area contributed by atoms with Crippen molar-refractivity contribution in [2.45, 2.75) is 25.2 Å². The average Bonchev–Trinajstić information content (AvgIpc) is 2.46. The molecule has 0 saturated carbocycles. The highest BCUT2D eigenvalue weighted by atomic mass is 16.5. The Kier molecular flexibility index (Phi) is 4.39. The number of benzene rings is 1. The van der Waals surface area contributed by atoms with Crippen LogP contribution in [0.15, 0.2) is 24.3 Å². The van der Waals surface area contributed by atoms with Gasteiger partial charge < -0.3 is 15.2 Å². The van der Waals surface area contributed by atoms with Crippen molar-refractivity contribution >= 4 is 11.9 Å². The molecule has 5 nitrogen and oxygen atoms in total. The molecule has 0 bridgehead atoms. The zero-order chi connectivity index (χ0) is 14.6. The van der Waals surface area contributed by atoms with Crippen molar-refractivity contribution in [1.29, 1.82) is 0 Å². The zero-order valence-electron chi connectivity index (χ0n) is 11.5. The molecule has 5 heteroatoms. The Balaban J connectivity index is 2.33. The van der Waals surface area contributed by atoms with Crippen molar-refractivity contribution in [3.8, 4) is 0 Å². The second-order valence-electron chi connectivity index (χ2n) is 5.09. The van der Waals surface area contributed by atoms with E-state index in [0.29, 0.717) is 26.1 Å². The lowest BCUT2D eigenvalue weighted by Crippen LogP contribution is -2.49. The van der Waals surface area contributed by atoms with E-state index in [1.54, 1.807) is 0 Å². The van der Waals surface area contributed by atoms with Gasteiger partial charge in [0.25, 0.3) is 0 Å². The van der Waals surface area contributed by atoms with E-state index in [9.17, 15) is 9.59 Å². The predicted molar refractivity (Wildman–Crippen MR) is 73.6 cm³/mol. The Morgan fingerprint density at radius 1 is 1.30 bits per heavy atom. The van der Waals surface area contributed by atoms with Gasteiger partial charge in [0.15, 0.2) is 0 Å². The van der Waals surface area contributed by atoms with Gasteiger partial charge in [0, 0.05) is 13.2 Å². The Morgan fingerprint density at radius 3 is 2.55 bits per heavy atom. The van der Waals surface area contributed by atoms with E-state index in [4.69, 9.17) is 9.84 Å². The first-order chi connectivity index (χ1) is 9.56. The lowest BCUT2D eigenvalue weighted by molar-refractivity contribution is -0.139. The number of nitrogens with one attached hydrogen (secondary N) is 1. The minimum Gasteiger partial charge on any atom is -0.480 e. The number of aliphatic carboxylic acids is 1. The molecule has 0 unspecified atom stereocenters. The molecule has 108 valence electrons. The topological polar surface area (TPSA) is 75.6 Å². The maximum Gasteiger partial charge on any atom is 0.322 e. The first-order valence-corrected chi connectivity index (χ1v) is 6.70. The molecule has 1 heterocycles. The third kappa shape index (κ3) is 2.82. The van der Waals surface area contributed by atoms with Crippen molar-refractivity contribution in [2.75, 3.05) is 19.8 Å². The van der Waals surface area contributed by atoms with Crippen LogP contribution in [0, 0.1) is 6.92 Å². The maximum absolute atomic E-state index is 12.5. The number of amides is 1. The lowest BCUT2D eigenvalue weighted by Gasteiger charge is -2.37. The monoisotopic (exact) mass is 277 g/mol. The molecule has 20 heavy (non-hydrogen) atoms. The van der Waals surface area contributed by atoms with Crippen LogP contribution < -0.4 is 5.32 Å². The van der Waals surface area contributed by atoms with Gasteiger partial charge in [-0.2, -0.15) is 0 Å². The van der Waals surface area contributed by atoms with Crippen LogP contribution in [0.25, 0.3) is 0 Å². The van der Waals surface area contributed by atoms with Gasteiger partial charge >= 0.3 is 5.97 Å². The van der Waals surface area contributed by atoms with Crippen molar-refractivity contribution in [2.24, 2.45) is 0 Å². The number of carboxylic acids is 1. The Hall–Kier alpha value is -1.88. The minimum absolute atomic E-state index is 0.225. The fraction of sp³-hybridized carbons (Fsp3) is 0.467. The molecule has 1 fully saturated rings. The van der Waals surface area contributed by atoms with Gasteiger partial charge in [-0.15, -0.1) is 0 Å². The van der Waals surface area contributed by atoms with E-state index in [1.165, 1.54) is 0 Å². The number of carboxylic acid groups (broad SMARTS) is 1. The van der Waals surface area contributed by atoms with E-state index >= 15 is 0 Å². The first-order valence-electron chi connectivity index (χ1n) is 6.70. The fourth-order valence-corrected chi connectivity index (χ4v) is 2.77. The molecule has 0 radical (unpaired) electrons. The van der Waals surface area contributed by atoms with Crippen LogP contribution in [-0.2, 0) is 19.7 Å². The third-order valence-corrected chi connectivity index (χ3v) is 3.84. The molecule has 0 aromatic heterocycles. The molecule has 0 spiro atoms. The van der Waals surface area contributed by atoms with Gasteiger partial charge in [0.2, 0.25) is 5.91 Å². The van der Waals surface area contributed by atoms with Crippen LogP contribution in [0.5, 0.6) is 0 Å². The molecule has 2 rings (SSSR count). The van der Waals surface area contributed by atoms with E-state index in [1.807, 2.05) is 31.2 Å². The highest BCUT2D eigenvalue weighted by Crippen LogP contribution is 2.36. The molecule has 2 N–H and O–H groups in total. The molecular formula is C15H19NO4. The van der Waals surface area contributed by atoms with E-state index < -0.39 is 11.4 Å². The summed E-state index contributed by atoms with van der Waals surface area (Å²) >= 11 is 0. The number of carbonyl (C=O) groups excluding carboxylic acids is 1. The van der Waals surface area contributed by atoms with Crippen molar-refractivity contribution < 1.29 is 19.4 Å². The van der Waals surface area contributed by atoms with Gasteiger partial charge in [0.05, 0.1) is 5.41 Å². The van der Waals surface area contributed by atoms with E-state index in [0.717, 1.165) is 11.1 Å². The number of carbonyl (C=O) groups is 2. The number of hydrogen-bond donors (Lipinski definition) is 2. The second-order valence-corrected chi connectivity index (χ2v) is 5.09. The quantitative estimate of drug-likeness (QED) is 0.868. The molecule has 1 amide bonds. The summed E-state index contributed by atoms with van der Waals surface area (Å²) in [5.41, 5.74) is 1.32. The van der Waals surface area contributed by atoms with Crippen LogP contribution in [0.4, 0.5) is 0 Å². The summed E-state index contributed by atoms with van der Waals surface area (Å²) in [5, 5.41) is 11.3. The zero-order valence-corrected chi connectivity index (χ0v) is 11.5. The van der Waals surface area contributed by atoms with Crippen LogP contribution in [-0.4, -0.2) is 36.7 Å². The number of ether oxygens (including phenoxy) is 1. The molecule has 1 saturated heterocycles. The van der Waals surface area contributed by atoms with Crippen molar-refractivity contribution in [1.82, 2.24) is 5.32 Å². The van der Waals surface area contributed by atoms with Crippen LogP contribution in [0.1, 0.15) is 24.0 Å². The highest BCUT2D eigenvalue weighted by molar-refractivity contribution is 5.90. The number of hydrogen-bond acceptors (Lipinski definition) is 3. The first kappa shape index (κ1) is 14.5. The van der Waals surface area contributed by atoms with Crippen LogP contribution in [0.2, 0.25) is 0 Å². The molecule has 1 aromatic carbocycles. The van der Waals surface area contributed by atoms with E-state index in [2.05, 4.69) is 5.32 Å². The van der Waals surface area contributed by atoms with Crippen LogP contribution in [0.3, 0.4) is 0 Å². The van der Waals surface area contributed by atoms with Crippen molar-refractivity contribution in [3.63, 3.8) is 0 Å². The summed E-state index contributed by atoms with van der Waals surface area (Å²) in [6, 6.07) is 7.75. The van der Waals surface area contributed by atoms with Gasteiger partial charge in [0.1, 0.15) is 6.54 Å². The second kappa shape index (κ2) is 6.05. The Labute approximate surface area is 117 Å². The highest BCUT2D eigenvalue weighted by Gasteiger charge is 2.42. The van der Waals surface area contributed by atoms with Crippen LogP contribution >= 0.6 is 0 Å². The SMILES string of the molecule is Cc1ccccc1C1(C(=O)NCC(=O)O)CCOCC1. The van der Waals surface area contributed by atoms with Gasteiger partial charge in [-0.1, -0.05) is 24.3 Å². The molecular weight excluding hydrogens is 258 g/mol. The standard InChI is InChI=1S/C15H19NO4/c1-11-4-2-3-5-12(11)15(6-8-20-9-7-15)14(19)16-10-13(17)18/h2-5H,6-10H2,1H3,(H,16,19)(H,17,18). The van der Waals surface area contributed by atoms with E-state index in [-0.39, 0.29) is 12.5 Å². The Morgan fingerprint density at radius 2 is 1.95 bits per heavy atom. The summed E-state index contributed by atoms with van der Waals surface area (Å²) in [5.74, 6) is -1.26. The molecule has 0 atom stereocenters. The molecule has 0 aliphatic carbocycles. The van der Waals surface area contributed by atoms with Gasteiger partial charge in [-0.3, -0.25) is 9.59 Å². The summed E-state index contributed by atoms with van der Waals surface area (Å²) in [6.45, 7) is 2.63. The van der Waals surface area contributed by atoms with Gasteiger partial charge in [-0.05, 0) is 30.9 Å². The summed E-state index contributed by atoms with van der Waals surface area (Å²) in [6.07, 6.45) is 1.15. The summed E-state index contributed by atoms with van der Waals surface area (Å²) in [7, 11) is 0. The fourth-order valence-electron chi connectivity index (χ4n) is 2.77. The predicted octanol–water partition coefficient (Wildman–Crippen LogP) is 1.24. The normalized spacial score (nSPS) is 17.4. The molecule has 1 aliphatic rings. The molecule has 1 aromatic rings. The minimum atomic E-state index is -1.04. The smallest absolute Gasteiger partial charge is 0.322 e. The average molecular weight is 277 g/mol. The number of rotatable bonds is 4. The summed E-state index contributed by atoms with van der Waals surface area (Å²) < 4.78 is 5.37. The third-order valence-electron chi connectivity index (χ3n) is 3.84. The number of aryl methyl sites for hydroxylation is 1. The Bertz CT molecular complexity index is 506. The van der Waals surface area contributed by atoms with Gasteiger partial charge in [-0.25, -0.2) is 0 Å². The summed E-state index contributed by atoms with van der Waals surface area (Å²) in [4.78, 5) is 23.2. The van der Waals surface area contributed by atoms with Crippen molar-refractivity contribution in [3.05, 3.63) is 35.4 Å². The largest absolute Gasteiger partial charge is 0.480 e.